The lowest BCUT2D eigenvalue weighted by molar-refractivity contribution is 0.0241. The van der Waals surface area contributed by atoms with Gasteiger partial charge in [0.05, 0.1) is 5.60 Å². The molecule has 0 unspecified atom stereocenters. The maximum absolute atomic E-state index is 10.5. The highest BCUT2D eigenvalue weighted by molar-refractivity contribution is 5.23. The highest BCUT2D eigenvalue weighted by atomic mass is 16.3. The zero-order valence-corrected chi connectivity index (χ0v) is 9.59. The molecule has 0 aliphatic heterocycles. The van der Waals surface area contributed by atoms with Crippen molar-refractivity contribution in [3.63, 3.8) is 0 Å². The lowest BCUT2D eigenvalue weighted by Gasteiger charge is -2.41. The van der Waals surface area contributed by atoms with Gasteiger partial charge in [-0.3, -0.25) is 0 Å². The lowest BCUT2D eigenvalue weighted by Crippen LogP contribution is -2.40. The van der Waals surface area contributed by atoms with Crippen LogP contribution in [0.15, 0.2) is 24.3 Å². The number of aliphatic hydroxyl groups is 1. The Kier molecular flexibility index (Phi) is 3.54. The maximum Gasteiger partial charge on any atom is 0.0895 e. The zero-order valence-electron chi connectivity index (χ0n) is 9.59. The van der Waals surface area contributed by atoms with Gasteiger partial charge in [0.2, 0.25) is 0 Å². The lowest BCUT2D eigenvalue weighted by atomic mass is 9.68. The summed E-state index contributed by atoms with van der Waals surface area (Å²) in [6.07, 6.45) is 6.66. The Morgan fingerprint density at radius 2 is 2.21 bits per heavy atom. The fourth-order valence-corrected chi connectivity index (χ4v) is 2.96. The molecule has 14 heavy (non-hydrogen) atoms. The van der Waals surface area contributed by atoms with Crippen LogP contribution in [0.25, 0.3) is 0 Å². The monoisotopic (exact) mass is 194 g/mol. The van der Waals surface area contributed by atoms with Crippen molar-refractivity contribution in [2.24, 2.45) is 11.8 Å². The molecule has 0 bridgehead atoms. The van der Waals surface area contributed by atoms with Crippen molar-refractivity contribution in [3.8, 4) is 0 Å². The second-order valence-electron chi connectivity index (χ2n) is 4.71. The molecule has 1 fully saturated rings. The fraction of sp³-hybridized carbons (Fsp3) is 0.692. The minimum absolute atomic E-state index is 0.508. The highest BCUT2D eigenvalue weighted by Gasteiger charge is 2.38. The van der Waals surface area contributed by atoms with Crippen molar-refractivity contribution in [1.29, 1.82) is 0 Å². The number of hydrogen-bond donors (Lipinski definition) is 1. The molecular formula is C13H22O. The Morgan fingerprint density at radius 1 is 1.57 bits per heavy atom. The Balaban J connectivity index is 2.93. The van der Waals surface area contributed by atoms with E-state index in [2.05, 4.69) is 26.5 Å². The summed E-state index contributed by atoms with van der Waals surface area (Å²) in [4.78, 5) is 0. The number of rotatable bonds is 2. The van der Waals surface area contributed by atoms with Crippen LogP contribution in [0.1, 0.15) is 40.0 Å². The Hall–Kier alpha value is -0.560. The summed E-state index contributed by atoms with van der Waals surface area (Å²) in [6.45, 7) is 10.2. The van der Waals surface area contributed by atoms with Crippen molar-refractivity contribution in [2.75, 3.05) is 0 Å². The Morgan fingerprint density at radius 3 is 2.71 bits per heavy atom. The zero-order chi connectivity index (χ0) is 10.8. The van der Waals surface area contributed by atoms with Crippen LogP contribution in [-0.2, 0) is 0 Å². The molecule has 1 saturated carbocycles. The third-order valence-electron chi connectivity index (χ3n) is 3.30. The van der Waals surface area contributed by atoms with Crippen LogP contribution in [0, 0.1) is 11.8 Å². The van der Waals surface area contributed by atoms with E-state index in [0.29, 0.717) is 18.3 Å². The predicted molar refractivity (Wildman–Crippen MR) is 61.1 cm³/mol. The fourth-order valence-electron chi connectivity index (χ4n) is 2.96. The third kappa shape index (κ3) is 2.09. The molecule has 0 heterocycles. The van der Waals surface area contributed by atoms with Crippen molar-refractivity contribution < 1.29 is 5.11 Å². The van der Waals surface area contributed by atoms with E-state index < -0.39 is 5.60 Å². The number of allylic oxidation sites excluding steroid dienone is 1. The standard InChI is InChI=1S/C13H22O/c1-5-7-13(14)9-10(3)8-11(4)12(13)6-2/h5-6,10-11,14H,1,7-9H2,2-4H3/b12-6+/t10-,11-,13+/m1/s1. The molecule has 0 radical (unpaired) electrons. The predicted octanol–water partition coefficient (Wildman–Crippen LogP) is 3.31. The minimum Gasteiger partial charge on any atom is -0.385 e. The average molecular weight is 194 g/mol. The molecule has 0 amide bonds. The van der Waals surface area contributed by atoms with Crippen LogP contribution in [-0.4, -0.2) is 10.7 Å². The van der Waals surface area contributed by atoms with Gasteiger partial charge in [0.25, 0.3) is 0 Å². The van der Waals surface area contributed by atoms with Gasteiger partial charge < -0.3 is 5.11 Å². The first-order valence-electron chi connectivity index (χ1n) is 5.53. The van der Waals surface area contributed by atoms with E-state index in [-0.39, 0.29) is 0 Å². The van der Waals surface area contributed by atoms with E-state index in [1.165, 1.54) is 12.0 Å². The van der Waals surface area contributed by atoms with E-state index in [0.717, 1.165) is 6.42 Å². The normalized spacial score (nSPS) is 41.3. The first kappa shape index (κ1) is 11.5. The van der Waals surface area contributed by atoms with E-state index in [1.54, 1.807) is 0 Å². The van der Waals surface area contributed by atoms with E-state index in [4.69, 9.17) is 0 Å². The maximum atomic E-state index is 10.5. The van der Waals surface area contributed by atoms with Crippen molar-refractivity contribution in [3.05, 3.63) is 24.3 Å². The molecule has 1 aliphatic rings. The smallest absolute Gasteiger partial charge is 0.0895 e. The van der Waals surface area contributed by atoms with Crippen LogP contribution in [0.2, 0.25) is 0 Å². The molecular weight excluding hydrogens is 172 g/mol. The van der Waals surface area contributed by atoms with Gasteiger partial charge in [-0.15, -0.1) is 6.58 Å². The molecule has 1 nitrogen and oxygen atoms in total. The SMILES string of the molecule is C=CC[C@]1(O)C[C@H](C)C[C@@H](C)/C1=C\C. The Labute approximate surface area is 87.5 Å². The summed E-state index contributed by atoms with van der Waals surface area (Å²) in [5.74, 6) is 1.12. The van der Waals surface area contributed by atoms with E-state index in [1.807, 2.05) is 13.0 Å². The summed E-state index contributed by atoms with van der Waals surface area (Å²) in [5, 5.41) is 10.5. The third-order valence-corrected chi connectivity index (χ3v) is 3.30. The van der Waals surface area contributed by atoms with Gasteiger partial charge in [-0.1, -0.05) is 26.0 Å². The molecule has 0 aromatic carbocycles. The quantitative estimate of drug-likeness (QED) is 0.669. The largest absolute Gasteiger partial charge is 0.385 e. The molecule has 0 aromatic heterocycles. The van der Waals surface area contributed by atoms with Crippen molar-refractivity contribution >= 4 is 0 Å². The molecule has 1 N–H and O–H groups in total. The van der Waals surface area contributed by atoms with Crippen LogP contribution >= 0.6 is 0 Å². The van der Waals surface area contributed by atoms with Gasteiger partial charge in [-0.2, -0.15) is 0 Å². The van der Waals surface area contributed by atoms with Gasteiger partial charge in [0.15, 0.2) is 0 Å². The molecule has 0 saturated heterocycles. The van der Waals surface area contributed by atoms with Gasteiger partial charge in [0.1, 0.15) is 0 Å². The van der Waals surface area contributed by atoms with Crippen molar-refractivity contribution in [2.45, 2.75) is 45.6 Å². The van der Waals surface area contributed by atoms with Gasteiger partial charge in [0, 0.05) is 0 Å². The van der Waals surface area contributed by atoms with Gasteiger partial charge >= 0.3 is 0 Å². The number of hydrogen-bond acceptors (Lipinski definition) is 1. The second-order valence-corrected chi connectivity index (χ2v) is 4.71. The molecule has 0 spiro atoms. The van der Waals surface area contributed by atoms with E-state index in [9.17, 15) is 5.11 Å². The summed E-state index contributed by atoms with van der Waals surface area (Å²) in [7, 11) is 0. The molecule has 1 heteroatoms. The molecule has 3 atom stereocenters. The summed E-state index contributed by atoms with van der Waals surface area (Å²) >= 11 is 0. The first-order chi connectivity index (χ1) is 6.53. The molecule has 80 valence electrons. The average Bonchev–Trinajstić information content (AvgIpc) is 2.02. The van der Waals surface area contributed by atoms with Crippen LogP contribution in [0.4, 0.5) is 0 Å². The van der Waals surface area contributed by atoms with Gasteiger partial charge in [-0.05, 0) is 43.6 Å². The summed E-state index contributed by atoms with van der Waals surface area (Å²) < 4.78 is 0. The van der Waals surface area contributed by atoms with Crippen LogP contribution < -0.4 is 0 Å². The molecule has 0 aromatic rings. The topological polar surface area (TPSA) is 20.2 Å². The summed E-state index contributed by atoms with van der Waals surface area (Å²) in [5.41, 5.74) is 0.587. The molecule has 1 aliphatic carbocycles. The molecule has 1 rings (SSSR count). The Bertz CT molecular complexity index is 242. The first-order valence-corrected chi connectivity index (χ1v) is 5.53. The minimum atomic E-state index is -0.617. The van der Waals surface area contributed by atoms with Crippen LogP contribution in [0.5, 0.6) is 0 Å². The van der Waals surface area contributed by atoms with Crippen LogP contribution in [0.3, 0.4) is 0 Å². The van der Waals surface area contributed by atoms with E-state index >= 15 is 0 Å². The summed E-state index contributed by atoms with van der Waals surface area (Å²) in [6, 6.07) is 0. The van der Waals surface area contributed by atoms with Crippen molar-refractivity contribution in [1.82, 2.24) is 0 Å². The van der Waals surface area contributed by atoms with Gasteiger partial charge in [-0.25, -0.2) is 0 Å². The highest BCUT2D eigenvalue weighted by Crippen LogP contribution is 2.42. The second kappa shape index (κ2) is 4.31.